The lowest BCUT2D eigenvalue weighted by Gasteiger charge is -2.10. The first-order valence-corrected chi connectivity index (χ1v) is 5.36. The van der Waals surface area contributed by atoms with E-state index in [1.165, 1.54) is 6.20 Å². The molecule has 0 spiro atoms. The van der Waals surface area contributed by atoms with E-state index >= 15 is 0 Å². The fraction of sp³-hybridized carbons (Fsp3) is 0.0833. The molecule has 1 aromatic carbocycles. The number of nitrogen functional groups attached to an aromatic ring is 1. The molecule has 88 valence electrons. The summed E-state index contributed by atoms with van der Waals surface area (Å²) in [6.07, 6.45) is 1.45. The van der Waals surface area contributed by atoms with E-state index in [1.807, 2.05) is 6.07 Å². The van der Waals surface area contributed by atoms with Crippen molar-refractivity contribution in [3.8, 4) is 11.6 Å². The normalized spacial score (nSPS) is 10.2. The number of ether oxygens (including phenoxy) is 1. The van der Waals surface area contributed by atoms with Gasteiger partial charge in [-0.2, -0.15) is 0 Å². The summed E-state index contributed by atoms with van der Waals surface area (Å²) >= 11 is 5.74. The number of nitrogens with zero attached hydrogens (tertiary/aromatic N) is 1. The predicted octanol–water partition coefficient (Wildman–Crippen LogP) is 2.60. The molecule has 0 atom stereocenters. The fourth-order valence-corrected chi connectivity index (χ4v) is 1.53. The van der Waals surface area contributed by atoms with Crippen LogP contribution in [0, 0.1) is 0 Å². The van der Waals surface area contributed by atoms with Gasteiger partial charge >= 0.3 is 0 Å². The highest BCUT2D eigenvalue weighted by atomic mass is 35.5. The van der Waals surface area contributed by atoms with Gasteiger partial charge in [-0.05, 0) is 12.1 Å². The largest absolute Gasteiger partial charge is 0.437 e. The van der Waals surface area contributed by atoms with Gasteiger partial charge in [0.1, 0.15) is 5.75 Å². The minimum absolute atomic E-state index is 0.107. The Morgan fingerprint density at radius 1 is 1.35 bits per heavy atom. The number of pyridine rings is 1. The Bertz CT molecular complexity index is 532. The van der Waals surface area contributed by atoms with Gasteiger partial charge in [0, 0.05) is 11.8 Å². The van der Waals surface area contributed by atoms with E-state index in [1.54, 1.807) is 24.3 Å². The number of hydrogen-bond acceptors (Lipinski definition) is 4. The fourth-order valence-electron chi connectivity index (χ4n) is 1.37. The van der Waals surface area contributed by atoms with Crippen LogP contribution in [-0.4, -0.2) is 10.1 Å². The van der Waals surface area contributed by atoms with Crippen LogP contribution in [0.3, 0.4) is 0 Å². The van der Waals surface area contributed by atoms with Crippen LogP contribution in [-0.2, 0) is 6.61 Å². The first-order valence-electron chi connectivity index (χ1n) is 4.98. The zero-order chi connectivity index (χ0) is 12.3. The third-order valence-corrected chi connectivity index (χ3v) is 2.40. The standard InChI is InChI=1S/C12H11ClN2O2/c13-9-5-10(14)12(15-6-9)17-11-4-2-1-3-8(11)7-16/h1-6,16H,7,14H2. The van der Waals surface area contributed by atoms with Crippen molar-refractivity contribution in [3.63, 3.8) is 0 Å². The maximum Gasteiger partial charge on any atom is 0.242 e. The summed E-state index contributed by atoms with van der Waals surface area (Å²) < 4.78 is 5.53. The highest BCUT2D eigenvalue weighted by Crippen LogP contribution is 2.29. The first-order chi connectivity index (χ1) is 8.20. The highest BCUT2D eigenvalue weighted by Gasteiger charge is 2.07. The topological polar surface area (TPSA) is 68.4 Å². The Hall–Kier alpha value is -1.78. The van der Waals surface area contributed by atoms with Crippen LogP contribution in [0.4, 0.5) is 5.69 Å². The zero-order valence-corrected chi connectivity index (χ0v) is 9.69. The average molecular weight is 251 g/mol. The molecule has 5 heteroatoms. The molecule has 0 aliphatic rings. The van der Waals surface area contributed by atoms with Crippen molar-refractivity contribution in [3.05, 3.63) is 47.1 Å². The third kappa shape index (κ3) is 2.67. The number of hydrogen-bond donors (Lipinski definition) is 2. The van der Waals surface area contributed by atoms with Crippen molar-refractivity contribution in [2.45, 2.75) is 6.61 Å². The molecule has 0 aliphatic carbocycles. The van der Waals surface area contributed by atoms with Gasteiger partial charge in [0.15, 0.2) is 0 Å². The van der Waals surface area contributed by atoms with Crippen LogP contribution >= 0.6 is 11.6 Å². The van der Waals surface area contributed by atoms with Gasteiger partial charge in [0.05, 0.1) is 17.3 Å². The quantitative estimate of drug-likeness (QED) is 0.879. The van der Waals surface area contributed by atoms with Gasteiger partial charge in [0.25, 0.3) is 0 Å². The second-order valence-corrected chi connectivity index (χ2v) is 3.85. The number of para-hydroxylation sites is 1. The van der Waals surface area contributed by atoms with Crippen molar-refractivity contribution in [2.75, 3.05) is 5.73 Å². The molecule has 0 radical (unpaired) electrons. The van der Waals surface area contributed by atoms with Crippen molar-refractivity contribution in [2.24, 2.45) is 0 Å². The Kier molecular flexibility index (Phi) is 3.46. The van der Waals surface area contributed by atoms with Crippen LogP contribution in [0.1, 0.15) is 5.56 Å². The number of nitrogens with two attached hydrogens (primary N) is 1. The smallest absolute Gasteiger partial charge is 0.242 e. The summed E-state index contributed by atoms with van der Waals surface area (Å²) in [5, 5.41) is 9.61. The van der Waals surface area contributed by atoms with Crippen LogP contribution in [0.25, 0.3) is 0 Å². The lowest BCUT2D eigenvalue weighted by molar-refractivity contribution is 0.276. The van der Waals surface area contributed by atoms with Crippen molar-refractivity contribution in [1.82, 2.24) is 4.98 Å². The molecule has 0 amide bonds. The molecule has 0 aliphatic heterocycles. The molecule has 0 fully saturated rings. The van der Waals surface area contributed by atoms with E-state index in [-0.39, 0.29) is 12.5 Å². The number of anilines is 1. The average Bonchev–Trinajstić information content (AvgIpc) is 2.33. The van der Waals surface area contributed by atoms with E-state index in [0.29, 0.717) is 22.0 Å². The molecular weight excluding hydrogens is 240 g/mol. The minimum Gasteiger partial charge on any atom is -0.437 e. The molecule has 1 aromatic heterocycles. The predicted molar refractivity (Wildman–Crippen MR) is 66.1 cm³/mol. The maximum absolute atomic E-state index is 9.16. The molecule has 4 nitrogen and oxygen atoms in total. The number of halogens is 1. The molecule has 0 saturated carbocycles. The summed E-state index contributed by atoms with van der Waals surface area (Å²) in [4.78, 5) is 3.99. The molecule has 2 aromatic rings. The molecule has 0 bridgehead atoms. The Labute approximate surface area is 104 Å². The first kappa shape index (κ1) is 11.7. The lowest BCUT2D eigenvalue weighted by Crippen LogP contribution is -1.97. The van der Waals surface area contributed by atoms with Gasteiger partial charge in [-0.25, -0.2) is 4.98 Å². The van der Waals surface area contributed by atoms with E-state index < -0.39 is 0 Å². The molecule has 0 saturated heterocycles. The van der Waals surface area contributed by atoms with Crippen LogP contribution in [0.15, 0.2) is 36.5 Å². The van der Waals surface area contributed by atoms with Crippen LogP contribution in [0.2, 0.25) is 5.02 Å². The van der Waals surface area contributed by atoms with E-state index in [4.69, 9.17) is 27.2 Å². The Balaban J connectivity index is 2.31. The van der Waals surface area contributed by atoms with Gasteiger partial charge in [0.2, 0.25) is 5.88 Å². The highest BCUT2D eigenvalue weighted by molar-refractivity contribution is 6.30. The Morgan fingerprint density at radius 2 is 2.12 bits per heavy atom. The molecule has 3 N–H and O–H groups in total. The monoisotopic (exact) mass is 250 g/mol. The van der Waals surface area contributed by atoms with Gasteiger partial charge in [-0.3, -0.25) is 0 Å². The second-order valence-electron chi connectivity index (χ2n) is 3.42. The summed E-state index contributed by atoms with van der Waals surface area (Å²) in [5.74, 6) is 0.798. The van der Waals surface area contributed by atoms with Gasteiger partial charge < -0.3 is 15.6 Å². The molecular formula is C12H11ClN2O2. The maximum atomic E-state index is 9.16. The van der Waals surface area contributed by atoms with Crippen molar-refractivity contribution >= 4 is 17.3 Å². The van der Waals surface area contributed by atoms with E-state index in [9.17, 15) is 0 Å². The van der Waals surface area contributed by atoms with Gasteiger partial charge in [-0.15, -0.1) is 0 Å². The number of benzene rings is 1. The summed E-state index contributed by atoms with van der Waals surface area (Å²) in [6, 6.07) is 8.69. The minimum atomic E-state index is -0.107. The SMILES string of the molecule is Nc1cc(Cl)cnc1Oc1ccccc1CO. The van der Waals surface area contributed by atoms with Crippen molar-refractivity contribution in [1.29, 1.82) is 0 Å². The lowest BCUT2D eigenvalue weighted by atomic mass is 10.2. The number of aliphatic hydroxyl groups excluding tert-OH is 1. The summed E-state index contributed by atoms with van der Waals surface area (Å²) in [7, 11) is 0. The second kappa shape index (κ2) is 5.03. The summed E-state index contributed by atoms with van der Waals surface area (Å²) in [5.41, 5.74) is 6.75. The Morgan fingerprint density at radius 3 is 2.82 bits per heavy atom. The van der Waals surface area contributed by atoms with Gasteiger partial charge in [-0.1, -0.05) is 29.8 Å². The van der Waals surface area contributed by atoms with E-state index in [2.05, 4.69) is 4.98 Å². The number of rotatable bonds is 3. The summed E-state index contributed by atoms with van der Waals surface area (Å²) in [6.45, 7) is -0.107. The molecule has 1 heterocycles. The van der Waals surface area contributed by atoms with E-state index in [0.717, 1.165) is 0 Å². The van der Waals surface area contributed by atoms with Crippen LogP contribution < -0.4 is 10.5 Å². The zero-order valence-electron chi connectivity index (χ0n) is 8.93. The molecule has 17 heavy (non-hydrogen) atoms. The van der Waals surface area contributed by atoms with Crippen molar-refractivity contribution < 1.29 is 9.84 Å². The molecule has 2 rings (SSSR count). The third-order valence-electron chi connectivity index (χ3n) is 2.20. The van der Waals surface area contributed by atoms with Crippen LogP contribution in [0.5, 0.6) is 11.6 Å². The number of aliphatic hydroxyl groups is 1. The number of aromatic nitrogens is 1. The molecule has 0 unspecified atom stereocenters.